The molecule has 0 bridgehead atoms. The molecule has 2 N–H and O–H groups in total. The molecule has 1 fully saturated rings. The third kappa shape index (κ3) is 2.17. The largest absolute Gasteiger partial charge is 0.334 e. The first-order valence-electron chi connectivity index (χ1n) is 6.77. The molecule has 20 heavy (non-hydrogen) atoms. The molecule has 1 amide bonds. The first kappa shape index (κ1) is 13.4. The maximum absolute atomic E-state index is 12.8. The van der Waals surface area contributed by atoms with Gasteiger partial charge in [-0.15, -0.1) is 0 Å². The van der Waals surface area contributed by atoms with Crippen LogP contribution in [0.15, 0.2) is 24.4 Å². The predicted molar refractivity (Wildman–Crippen MR) is 77.9 cm³/mol. The van der Waals surface area contributed by atoms with E-state index in [1.165, 1.54) is 0 Å². The van der Waals surface area contributed by atoms with E-state index in [1.54, 1.807) is 4.40 Å². The number of aromatic nitrogens is 2. The highest BCUT2D eigenvalue weighted by molar-refractivity contribution is 6.32. The van der Waals surface area contributed by atoms with Crippen LogP contribution in [0.2, 0.25) is 5.15 Å². The molecule has 0 radical (unpaired) electrons. The molecule has 1 aliphatic rings. The SMILES string of the molecule is C[C@H]1C[C@H](N)CCN1C(=O)c1c(Cl)nc2ccccn12. The van der Waals surface area contributed by atoms with Crippen molar-refractivity contribution in [2.75, 3.05) is 6.54 Å². The summed E-state index contributed by atoms with van der Waals surface area (Å²) in [5.74, 6) is -0.0758. The molecule has 1 aliphatic heterocycles. The molecule has 0 spiro atoms. The molecular weight excluding hydrogens is 276 g/mol. The van der Waals surface area contributed by atoms with Gasteiger partial charge in [0.05, 0.1) is 0 Å². The van der Waals surface area contributed by atoms with Gasteiger partial charge in [-0.3, -0.25) is 9.20 Å². The number of pyridine rings is 1. The van der Waals surface area contributed by atoms with Gasteiger partial charge < -0.3 is 10.6 Å². The summed E-state index contributed by atoms with van der Waals surface area (Å²) in [4.78, 5) is 18.8. The number of carbonyl (C=O) groups excluding carboxylic acids is 1. The highest BCUT2D eigenvalue weighted by Crippen LogP contribution is 2.23. The summed E-state index contributed by atoms with van der Waals surface area (Å²) in [6.45, 7) is 2.69. The monoisotopic (exact) mass is 292 g/mol. The topological polar surface area (TPSA) is 63.6 Å². The second-order valence-electron chi connectivity index (χ2n) is 5.31. The molecule has 1 saturated heterocycles. The Balaban J connectivity index is 1.98. The number of imidazole rings is 1. The van der Waals surface area contributed by atoms with Crippen LogP contribution in [-0.2, 0) is 0 Å². The fraction of sp³-hybridized carbons (Fsp3) is 0.429. The standard InChI is InChI=1S/C14H17ClN4O/c1-9-8-10(16)5-7-18(9)14(20)12-13(15)17-11-4-2-3-6-19(11)12/h2-4,6,9-10H,5,7-8,16H2,1H3/t9-,10+/m0/s1. The summed E-state index contributed by atoms with van der Waals surface area (Å²) in [7, 11) is 0. The molecular formula is C14H17ClN4O. The summed E-state index contributed by atoms with van der Waals surface area (Å²) in [6, 6.07) is 5.86. The van der Waals surface area contributed by atoms with Gasteiger partial charge in [-0.1, -0.05) is 17.7 Å². The highest BCUT2D eigenvalue weighted by Gasteiger charge is 2.30. The van der Waals surface area contributed by atoms with E-state index < -0.39 is 0 Å². The van der Waals surface area contributed by atoms with Crippen molar-refractivity contribution in [2.45, 2.75) is 31.8 Å². The fourth-order valence-corrected chi connectivity index (χ4v) is 3.06. The van der Waals surface area contributed by atoms with Crippen molar-refractivity contribution >= 4 is 23.2 Å². The Morgan fingerprint density at radius 1 is 1.50 bits per heavy atom. The second kappa shape index (κ2) is 5.07. The lowest BCUT2D eigenvalue weighted by atomic mass is 9.99. The van der Waals surface area contributed by atoms with E-state index in [0.717, 1.165) is 12.8 Å². The third-order valence-electron chi connectivity index (χ3n) is 3.87. The summed E-state index contributed by atoms with van der Waals surface area (Å²) in [5, 5.41) is 0.253. The first-order valence-corrected chi connectivity index (χ1v) is 7.15. The Kier molecular flexibility index (Phi) is 3.40. The maximum atomic E-state index is 12.8. The number of nitrogens with two attached hydrogens (primary N) is 1. The number of fused-ring (bicyclic) bond motifs is 1. The maximum Gasteiger partial charge on any atom is 0.274 e. The van der Waals surface area contributed by atoms with Gasteiger partial charge in [-0.2, -0.15) is 0 Å². The van der Waals surface area contributed by atoms with Gasteiger partial charge in [0.15, 0.2) is 10.8 Å². The third-order valence-corrected chi connectivity index (χ3v) is 4.13. The molecule has 6 heteroatoms. The van der Waals surface area contributed by atoms with Gasteiger partial charge in [-0.25, -0.2) is 4.98 Å². The van der Waals surface area contributed by atoms with Crippen LogP contribution in [0.25, 0.3) is 5.65 Å². The number of rotatable bonds is 1. The van der Waals surface area contributed by atoms with Crippen LogP contribution in [0.3, 0.4) is 0 Å². The molecule has 2 aromatic heterocycles. The molecule has 2 atom stereocenters. The van der Waals surface area contributed by atoms with Crippen LogP contribution >= 0.6 is 11.6 Å². The van der Waals surface area contributed by atoms with Crippen molar-refractivity contribution < 1.29 is 4.79 Å². The number of hydrogen-bond acceptors (Lipinski definition) is 3. The summed E-state index contributed by atoms with van der Waals surface area (Å²) >= 11 is 6.15. The fourth-order valence-electron chi connectivity index (χ4n) is 2.80. The molecule has 3 rings (SSSR count). The number of nitrogens with zero attached hydrogens (tertiary/aromatic N) is 3. The first-order chi connectivity index (χ1) is 9.58. The molecule has 106 valence electrons. The van der Waals surface area contributed by atoms with Gasteiger partial charge in [0.2, 0.25) is 0 Å². The molecule has 0 saturated carbocycles. The van der Waals surface area contributed by atoms with Crippen LogP contribution in [0.4, 0.5) is 0 Å². The normalized spacial score (nSPS) is 23.2. The molecule has 2 aromatic rings. The van der Waals surface area contributed by atoms with Crippen molar-refractivity contribution in [3.8, 4) is 0 Å². The molecule has 0 aromatic carbocycles. The van der Waals surface area contributed by atoms with Crippen LogP contribution < -0.4 is 5.73 Å². The number of halogens is 1. The van der Waals surface area contributed by atoms with Crippen LogP contribution in [-0.4, -0.2) is 38.8 Å². The summed E-state index contributed by atoms with van der Waals surface area (Å²) in [6.07, 6.45) is 3.45. The molecule has 0 aliphatic carbocycles. The van der Waals surface area contributed by atoms with Crippen LogP contribution in [0.1, 0.15) is 30.3 Å². The summed E-state index contributed by atoms with van der Waals surface area (Å²) < 4.78 is 1.74. The van der Waals surface area contributed by atoms with Crippen molar-refractivity contribution in [1.82, 2.24) is 14.3 Å². The van der Waals surface area contributed by atoms with E-state index in [9.17, 15) is 4.79 Å². The van der Waals surface area contributed by atoms with Crippen molar-refractivity contribution in [3.05, 3.63) is 35.2 Å². The number of carbonyl (C=O) groups is 1. The lowest BCUT2D eigenvalue weighted by Crippen LogP contribution is -2.48. The van der Waals surface area contributed by atoms with E-state index >= 15 is 0 Å². The average Bonchev–Trinajstić information content (AvgIpc) is 2.73. The van der Waals surface area contributed by atoms with Crippen LogP contribution in [0, 0.1) is 0 Å². The van der Waals surface area contributed by atoms with Crippen molar-refractivity contribution in [3.63, 3.8) is 0 Å². The van der Waals surface area contributed by atoms with E-state index in [-0.39, 0.29) is 23.1 Å². The van der Waals surface area contributed by atoms with Gasteiger partial charge >= 0.3 is 0 Å². The quantitative estimate of drug-likeness (QED) is 0.873. The van der Waals surface area contributed by atoms with Crippen molar-refractivity contribution in [2.24, 2.45) is 5.73 Å². The Morgan fingerprint density at radius 2 is 2.30 bits per heavy atom. The Hall–Kier alpha value is -1.59. The summed E-state index contributed by atoms with van der Waals surface area (Å²) in [5.41, 5.74) is 7.06. The van der Waals surface area contributed by atoms with Gasteiger partial charge in [0.1, 0.15) is 5.65 Å². The lowest BCUT2D eigenvalue weighted by Gasteiger charge is -2.36. The van der Waals surface area contributed by atoms with Crippen LogP contribution in [0.5, 0.6) is 0 Å². The number of likely N-dealkylation sites (tertiary alicyclic amines) is 1. The zero-order valence-electron chi connectivity index (χ0n) is 11.3. The van der Waals surface area contributed by atoms with Crippen molar-refractivity contribution in [1.29, 1.82) is 0 Å². The van der Waals surface area contributed by atoms with Gasteiger partial charge in [0, 0.05) is 24.8 Å². The zero-order chi connectivity index (χ0) is 14.3. The Morgan fingerprint density at radius 3 is 3.05 bits per heavy atom. The van der Waals surface area contributed by atoms with E-state index in [1.807, 2.05) is 36.2 Å². The second-order valence-corrected chi connectivity index (χ2v) is 5.67. The Bertz CT molecular complexity index is 654. The van der Waals surface area contributed by atoms with E-state index in [4.69, 9.17) is 17.3 Å². The number of amides is 1. The number of hydrogen-bond donors (Lipinski definition) is 1. The molecule has 3 heterocycles. The highest BCUT2D eigenvalue weighted by atomic mass is 35.5. The van der Waals surface area contributed by atoms with E-state index in [2.05, 4.69) is 4.98 Å². The van der Waals surface area contributed by atoms with Gasteiger partial charge in [-0.05, 0) is 31.9 Å². The number of piperidine rings is 1. The minimum absolute atomic E-state index is 0.0758. The zero-order valence-corrected chi connectivity index (χ0v) is 12.0. The molecule has 5 nitrogen and oxygen atoms in total. The molecule has 0 unspecified atom stereocenters. The average molecular weight is 293 g/mol. The van der Waals surface area contributed by atoms with Gasteiger partial charge in [0.25, 0.3) is 5.91 Å². The minimum atomic E-state index is -0.0758. The van der Waals surface area contributed by atoms with E-state index in [0.29, 0.717) is 17.9 Å². The minimum Gasteiger partial charge on any atom is -0.334 e. The predicted octanol–water partition coefficient (Wildman–Crippen LogP) is 1.94. The smallest absolute Gasteiger partial charge is 0.274 e. The lowest BCUT2D eigenvalue weighted by molar-refractivity contribution is 0.0612. The Labute approximate surface area is 122 Å².